The van der Waals surface area contributed by atoms with E-state index in [1.54, 1.807) is 4.90 Å². The monoisotopic (exact) mass is 438 g/mol. The minimum atomic E-state index is -0.572. The van der Waals surface area contributed by atoms with E-state index in [2.05, 4.69) is 28.5 Å². The summed E-state index contributed by atoms with van der Waals surface area (Å²) < 4.78 is 2.00. The fraction of sp³-hybridized carbons (Fsp3) is 0.222. The molecule has 1 aliphatic rings. The summed E-state index contributed by atoms with van der Waals surface area (Å²) in [6.45, 7) is 2.87. The van der Waals surface area contributed by atoms with Crippen molar-refractivity contribution in [1.82, 2.24) is 19.8 Å². The normalized spacial score (nSPS) is 16.1. The van der Waals surface area contributed by atoms with Crippen LogP contribution in [0, 0.1) is 6.92 Å². The molecule has 1 saturated heterocycles. The molecule has 0 saturated carbocycles. The lowest BCUT2D eigenvalue weighted by atomic mass is 9.93. The fourth-order valence-corrected chi connectivity index (χ4v) is 4.59. The molecule has 1 atom stereocenters. The van der Waals surface area contributed by atoms with Gasteiger partial charge in [-0.3, -0.25) is 9.59 Å². The van der Waals surface area contributed by atoms with Gasteiger partial charge in [-0.1, -0.05) is 54.6 Å². The van der Waals surface area contributed by atoms with Gasteiger partial charge in [0.25, 0.3) is 5.91 Å². The van der Waals surface area contributed by atoms with E-state index in [9.17, 15) is 9.59 Å². The highest BCUT2D eigenvalue weighted by molar-refractivity contribution is 6.00. The SMILES string of the molecule is Cc1nc2cc(C(=O)N3CCNC(=O)[C@@H]3Cc3ccccc3-c3ccccc3)ccc2n1C. The second kappa shape index (κ2) is 8.54. The van der Waals surface area contributed by atoms with Gasteiger partial charge in [-0.15, -0.1) is 0 Å². The zero-order valence-electron chi connectivity index (χ0n) is 18.8. The molecule has 0 aliphatic carbocycles. The molecular weight excluding hydrogens is 412 g/mol. The summed E-state index contributed by atoms with van der Waals surface area (Å²) in [4.78, 5) is 32.7. The molecule has 1 aliphatic heterocycles. The first kappa shape index (κ1) is 20.9. The Balaban J connectivity index is 1.47. The van der Waals surface area contributed by atoms with E-state index in [1.165, 1.54) is 0 Å². The van der Waals surface area contributed by atoms with E-state index in [1.807, 2.05) is 73.1 Å². The molecule has 6 nitrogen and oxygen atoms in total. The standard InChI is InChI=1S/C27H26N4O2/c1-18-29-23-16-21(12-13-24(23)30(18)2)27(33)31-15-14-28-26(32)25(31)17-20-10-6-7-11-22(20)19-8-4-3-5-9-19/h3-13,16,25H,14-15,17H2,1-2H3,(H,28,32)/t25-/m0/s1. The Morgan fingerprint density at radius 3 is 2.64 bits per heavy atom. The van der Waals surface area contributed by atoms with E-state index in [4.69, 9.17) is 0 Å². The first-order valence-corrected chi connectivity index (χ1v) is 11.2. The Bertz CT molecular complexity index is 1340. The third-order valence-electron chi connectivity index (χ3n) is 6.46. The number of aromatic nitrogens is 2. The van der Waals surface area contributed by atoms with Crippen molar-refractivity contribution in [2.45, 2.75) is 19.4 Å². The predicted octanol–water partition coefficient (Wildman–Crippen LogP) is 3.73. The summed E-state index contributed by atoms with van der Waals surface area (Å²) in [5, 5.41) is 2.94. The molecule has 6 heteroatoms. The summed E-state index contributed by atoms with van der Waals surface area (Å²) >= 11 is 0. The molecule has 1 aromatic heterocycles. The van der Waals surface area contributed by atoms with Gasteiger partial charge in [-0.25, -0.2) is 4.98 Å². The van der Waals surface area contributed by atoms with E-state index in [-0.39, 0.29) is 11.8 Å². The number of nitrogens with zero attached hydrogens (tertiary/aromatic N) is 3. The number of nitrogens with one attached hydrogen (secondary N) is 1. The van der Waals surface area contributed by atoms with Gasteiger partial charge in [-0.2, -0.15) is 0 Å². The van der Waals surface area contributed by atoms with Crippen molar-refractivity contribution in [3.8, 4) is 11.1 Å². The second-order valence-electron chi connectivity index (χ2n) is 8.45. The number of amides is 2. The van der Waals surface area contributed by atoms with Crippen LogP contribution in [0.2, 0.25) is 0 Å². The van der Waals surface area contributed by atoms with Crippen molar-refractivity contribution in [2.24, 2.45) is 7.05 Å². The zero-order chi connectivity index (χ0) is 22.9. The lowest BCUT2D eigenvalue weighted by molar-refractivity contribution is -0.127. The lowest BCUT2D eigenvalue weighted by Gasteiger charge is -2.35. The minimum absolute atomic E-state index is 0.118. The van der Waals surface area contributed by atoms with Crippen LogP contribution in [0.25, 0.3) is 22.2 Å². The highest BCUT2D eigenvalue weighted by atomic mass is 16.2. The van der Waals surface area contributed by atoms with Crippen LogP contribution in [0.15, 0.2) is 72.8 Å². The molecule has 5 rings (SSSR count). The maximum absolute atomic E-state index is 13.5. The van der Waals surface area contributed by atoms with Gasteiger partial charge in [0.2, 0.25) is 5.91 Å². The second-order valence-corrected chi connectivity index (χ2v) is 8.45. The highest BCUT2D eigenvalue weighted by Crippen LogP contribution is 2.27. The quantitative estimate of drug-likeness (QED) is 0.528. The van der Waals surface area contributed by atoms with Crippen molar-refractivity contribution in [1.29, 1.82) is 0 Å². The molecule has 4 aromatic rings. The number of rotatable bonds is 4. The third kappa shape index (κ3) is 3.89. The molecule has 166 valence electrons. The number of aryl methyl sites for hydroxylation is 2. The Labute approximate surface area is 192 Å². The van der Waals surface area contributed by atoms with Gasteiger partial charge in [-0.05, 0) is 41.8 Å². The first-order chi connectivity index (χ1) is 16.0. The smallest absolute Gasteiger partial charge is 0.254 e. The molecule has 1 N–H and O–H groups in total. The summed E-state index contributed by atoms with van der Waals surface area (Å²) in [5.74, 6) is 0.631. The number of carbonyl (C=O) groups is 2. The molecule has 2 heterocycles. The highest BCUT2D eigenvalue weighted by Gasteiger charge is 2.34. The van der Waals surface area contributed by atoms with Crippen LogP contribution >= 0.6 is 0 Å². The number of benzene rings is 3. The maximum atomic E-state index is 13.5. The third-order valence-corrected chi connectivity index (χ3v) is 6.46. The van der Waals surface area contributed by atoms with Crippen LogP contribution < -0.4 is 5.32 Å². The number of carbonyl (C=O) groups excluding carboxylic acids is 2. The van der Waals surface area contributed by atoms with Gasteiger partial charge in [0.1, 0.15) is 11.9 Å². The summed E-state index contributed by atoms with van der Waals surface area (Å²) in [7, 11) is 1.96. The zero-order valence-corrected chi connectivity index (χ0v) is 18.8. The Morgan fingerprint density at radius 2 is 1.82 bits per heavy atom. The Hall–Kier alpha value is -3.93. The summed E-state index contributed by atoms with van der Waals surface area (Å²) in [6, 6.07) is 23.2. The van der Waals surface area contributed by atoms with Crippen LogP contribution in [0.4, 0.5) is 0 Å². The molecule has 0 bridgehead atoms. The topological polar surface area (TPSA) is 67.2 Å². The van der Waals surface area contributed by atoms with Gasteiger partial charge < -0.3 is 14.8 Å². The Kier molecular flexibility index (Phi) is 5.42. The van der Waals surface area contributed by atoms with E-state index < -0.39 is 6.04 Å². The minimum Gasteiger partial charge on any atom is -0.353 e. The average Bonchev–Trinajstić information content (AvgIpc) is 3.13. The largest absolute Gasteiger partial charge is 0.353 e. The average molecular weight is 439 g/mol. The van der Waals surface area contributed by atoms with E-state index >= 15 is 0 Å². The van der Waals surface area contributed by atoms with E-state index in [0.29, 0.717) is 25.1 Å². The van der Waals surface area contributed by atoms with Crippen LogP contribution in [0.3, 0.4) is 0 Å². The maximum Gasteiger partial charge on any atom is 0.254 e. The van der Waals surface area contributed by atoms with Crippen molar-refractivity contribution in [3.05, 3.63) is 89.7 Å². The lowest BCUT2D eigenvalue weighted by Crippen LogP contribution is -2.58. The number of piperazine rings is 1. The molecule has 3 aromatic carbocycles. The molecular formula is C27H26N4O2. The van der Waals surface area contributed by atoms with Crippen LogP contribution in [0.5, 0.6) is 0 Å². The summed E-state index contributed by atoms with van der Waals surface area (Å²) in [5.41, 5.74) is 5.53. The van der Waals surface area contributed by atoms with Crippen molar-refractivity contribution in [2.75, 3.05) is 13.1 Å². The summed E-state index contributed by atoms with van der Waals surface area (Å²) in [6.07, 6.45) is 0.452. The number of fused-ring (bicyclic) bond motifs is 1. The number of imidazole rings is 1. The van der Waals surface area contributed by atoms with Crippen LogP contribution in [-0.2, 0) is 18.3 Å². The van der Waals surface area contributed by atoms with Crippen LogP contribution in [-0.4, -0.2) is 45.4 Å². The molecule has 1 fully saturated rings. The molecule has 2 amide bonds. The number of hydrogen-bond acceptors (Lipinski definition) is 3. The molecule has 33 heavy (non-hydrogen) atoms. The Morgan fingerprint density at radius 1 is 1.06 bits per heavy atom. The number of hydrogen-bond donors (Lipinski definition) is 1. The van der Waals surface area contributed by atoms with Crippen molar-refractivity contribution >= 4 is 22.8 Å². The van der Waals surface area contributed by atoms with Gasteiger partial charge in [0.05, 0.1) is 11.0 Å². The van der Waals surface area contributed by atoms with Crippen molar-refractivity contribution < 1.29 is 9.59 Å². The molecule has 0 unspecified atom stereocenters. The van der Waals surface area contributed by atoms with Gasteiger partial charge in [0, 0.05) is 32.1 Å². The van der Waals surface area contributed by atoms with Crippen LogP contribution in [0.1, 0.15) is 21.7 Å². The van der Waals surface area contributed by atoms with Crippen molar-refractivity contribution in [3.63, 3.8) is 0 Å². The van der Waals surface area contributed by atoms with Gasteiger partial charge in [0.15, 0.2) is 0 Å². The molecule has 0 radical (unpaired) electrons. The van der Waals surface area contributed by atoms with Gasteiger partial charge >= 0.3 is 0 Å². The molecule has 0 spiro atoms. The van der Waals surface area contributed by atoms with E-state index in [0.717, 1.165) is 33.5 Å². The fourth-order valence-electron chi connectivity index (χ4n) is 4.59. The predicted molar refractivity (Wildman–Crippen MR) is 129 cm³/mol. The first-order valence-electron chi connectivity index (χ1n) is 11.2.